The fourth-order valence-corrected chi connectivity index (χ4v) is 8.31. The standard InChI is InChI=1S/C44H47N3O7/c1-46-38-29-52-24-6-5-23-47-41-34(35(42(47)43(48)49)15-9-25-53-39-16-7-11-30-10-3-4-12-33(30)39)13-8-14-36(41)40(38)37(45-46)28-54-32-19-17-31(18-20-32)44(50-2)21-26-51-27-22-44/h3-4,7-8,10-14,16-20H,5-6,9,15,21-29H2,1-2H3,(H,48,49). The average Bonchev–Trinajstić information content (AvgIpc) is 3.69. The van der Waals surface area contributed by atoms with Crippen LogP contribution in [0.15, 0.2) is 84.9 Å². The minimum absolute atomic E-state index is 0.229. The molecule has 0 saturated carbocycles. The highest BCUT2D eigenvalue weighted by molar-refractivity contribution is 6.04. The Bertz CT molecular complexity index is 2260. The van der Waals surface area contributed by atoms with Gasteiger partial charge in [-0.15, -0.1) is 0 Å². The molecule has 1 N–H and O–H groups in total. The van der Waals surface area contributed by atoms with E-state index in [2.05, 4.69) is 42.5 Å². The zero-order valence-electron chi connectivity index (χ0n) is 31.0. The van der Waals surface area contributed by atoms with Gasteiger partial charge in [0.1, 0.15) is 29.5 Å². The fraction of sp³-hybridized carbons (Fsp3) is 0.364. The van der Waals surface area contributed by atoms with Crippen molar-refractivity contribution in [1.82, 2.24) is 14.3 Å². The van der Waals surface area contributed by atoms with Crippen molar-refractivity contribution in [1.29, 1.82) is 0 Å². The van der Waals surface area contributed by atoms with Gasteiger partial charge in [-0.05, 0) is 60.4 Å². The van der Waals surface area contributed by atoms with Crippen LogP contribution in [0.1, 0.15) is 65.1 Å². The van der Waals surface area contributed by atoms with Gasteiger partial charge < -0.3 is 33.4 Å². The number of rotatable bonds is 11. The van der Waals surface area contributed by atoms with Gasteiger partial charge in [-0.25, -0.2) is 4.79 Å². The Kier molecular flexibility index (Phi) is 10.4. The first kappa shape index (κ1) is 35.8. The molecular weight excluding hydrogens is 682 g/mol. The van der Waals surface area contributed by atoms with E-state index < -0.39 is 5.97 Å². The summed E-state index contributed by atoms with van der Waals surface area (Å²) in [5.41, 5.74) is 6.37. The Hall–Kier alpha value is -5.16. The molecular formula is C44H47N3O7. The molecule has 4 heterocycles. The van der Waals surface area contributed by atoms with Crippen LogP contribution >= 0.6 is 0 Å². The molecule has 0 amide bonds. The molecule has 2 aliphatic heterocycles. The molecule has 10 nitrogen and oxygen atoms in total. The van der Waals surface area contributed by atoms with Crippen LogP contribution in [0.25, 0.3) is 32.8 Å². The molecule has 10 heteroatoms. The number of hydrogen-bond acceptors (Lipinski definition) is 7. The maximum Gasteiger partial charge on any atom is 0.352 e. The van der Waals surface area contributed by atoms with Crippen LogP contribution in [0, 0.1) is 0 Å². The molecule has 0 radical (unpaired) electrons. The van der Waals surface area contributed by atoms with E-state index in [-0.39, 0.29) is 12.2 Å². The minimum atomic E-state index is -0.928. The number of nitrogens with zero attached hydrogens (tertiary/aromatic N) is 3. The van der Waals surface area contributed by atoms with Crippen molar-refractivity contribution in [3.8, 4) is 22.6 Å². The smallest absolute Gasteiger partial charge is 0.352 e. The lowest BCUT2D eigenvalue weighted by Crippen LogP contribution is -2.35. The fourth-order valence-electron chi connectivity index (χ4n) is 8.31. The van der Waals surface area contributed by atoms with E-state index in [9.17, 15) is 9.90 Å². The quantitative estimate of drug-likeness (QED) is 0.133. The van der Waals surface area contributed by atoms with Crippen LogP contribution in [-0.4, -0.2) is 59.0 Å². The Morgan fingerprint density at radius 3 is 2.48 bits per heavy atom. The van der Waals surface area contributed by atoms with Gasteiger partial charge in [-0.1, -0.05) is 66.7 Å². The van der Waals surface area contributed by atoms with E-state index in [1.807, 2.05) is 58.8 Å². The number of benzene rings is 4. The molecule has 0 aliphatic carbocycles. The normalized spacial score (nSPS) is 15.8. The summed E-state index contributed by atoms with van der Waals surface area (Å²) in [7, 11) is 3.70. The summed E-state index contributed by atoms with van der Waals surface area (Å²) < 4.78 is 34.4. The lowest BCUT2D eigenvalue weighted by molar-refractivity contribution is -0.0948. The van der Waals surface area contributed by atoms with Crippen LogP contribution in [-0.2, 0) is 53.0 Å². The molecule has 6 aromatic rings. The topological polar surface area (TPSA) is 106 Å². The molecule has 0 unspecified atom stereocenters. The first-order valence-corrected chi connectivity index (χ1v) is 18.9. The van der Waals surface area contributed by atoms with E-state index in [1.165, 1.54) is 0 Å². The largest absolute Gasteiger partial charge is 0.493 e. The molecule has 8 rings (SSSR count). The molecule has 0 bridgehead atoms. The molecule has 1 saturated heterocycles. The highest BCUT2D eigenvalue weighted by Crippen LogP contribution is 2.40. The van der Waals surface area contributed by atoms with Crippen LogP contribution in [0.2, 0.25) is 0 Å². The molecule has 2 aromatic heterocycles. The van der Waals surface area contributed by atoms with Gasteiger partial charge in [0.25, 0.3) is 0 Å². The third-order valence-electron chi connectivity index (χ3n) is 11.1. The summed E-state index contributed by atoms with van der Waals surface area (Å²) in [5.74, 6) is 0.635. The van der Waals surface area contributed by atoms with Gasteiger partial charge in [-0.3, -0.25) is 4.68 Å². The first-order valence-electron chi connectivity index (χ1n) is 18.9. The Balaban J connectivity index is 1.12. The molecule has 54 heavy (non-hydrogen) atoms. The van der Waals surface area contributed by atoms with Crippen LogP contribution in [0.3, 0.4) is 0 Å². The third-order valence-corrected chi connectivity index (χ3v) is 11.1. The number of aromatic carboxylic acids is 1. The van der Waals surface area contributed by atoms with Crippen molar-refractivity contribution in [2.45, 2.75) is 63.9 Å². The molecule has 0 spiro atoms. The maximum absolute atomic E-state index is 13.1. The van der Waals surface area contributed by atoms with Gasteiger partial charge in [0.05, 0.1) is 30.0 Å². The van der Waals surface area contributed by atoms with E-state index in [0.29, 0.717) is 58.1 Å². The monoisotopic (exact) mass is 729 g/mol. The number of aryl methyl sites for hydroxylation is 3. The minimum Gasteiger partial charge on any atom is -0.493 e. The van der Waals surface area contributed by atoms with Crippen molar-refractivity contribution >= 4 is 27.6 Å². The number of para-hydroxylation sites is 1. The average molecular weight is 730 g/mol. The highest BCUT2D eigenvalue weighted by Gasteiger charge is 2.34. The Morgan fingerprint density at radius 1 is 0.889 bits per heavy atom. The zero-order valence-corrected chi connectivity index (χ0v) is 31.0. The predicted octanol–water partition coefficient (Wildman–Crippen LogP) is 8.45. The summed E-state index contributed by atoms with van der Waals surface area (Å²) in [6.07, 6.45) is 4.44. The summed E-state index contributed by atoms with van der Waals surface area (Å²) in [5, 5.41) is 18.9. The number of fused-ring (bicyclic) bond motifs is 3. The van der Waals surface area contributed by atoms with Crippen molar-refractivity contribution in [2.75, 3.05) is 33.5 Å². The highest BCUT2D eigenvalue weighted by atomic mass is 16.5. The predicted molar refractivity (Wildman–Crippen MR) is 207 cm³/mol. The number of carboxylic acid groups (broad SMARTS) is 1. The number of ether oxygens (including phenoxy) is 5. The molecule has 4 aromatic carbocycles. The van der Waals surface area contributed by atoms with Crippen molar-refractivity contribution in [3.05, 3.63) is 113 Å². The summed E-state index contributed by atoms with van der Waals surface area (Å²) >= 11 is 0. The third kappa shape index (κ3) is 6.85. The molecule has 1 fully saturated rings. The first-order chi connectivity index (χ1) is 26.5. The molecule has 2 aliphatic rings. The zero-order chi connectivity index (χ0) is 37.1. The maximum atomic E-state index is 13.1. The van der Waals surface area contributed by atoms with E-state index in [0.717, 1.165) is 92.5 Å². The number of carbonyl (C=O) groups is 1. The van der Waals surface area contributed by atoms with Crippen LogP contribution in [0.5, 0.6) is 11.5 Å². The van der Waals surface area contributed by atoms with E-state index in [4.69, 9.17) is 28.8 Å². The van der Waals surface area contributed by atoms with Gasteiger partial charge in [0, 0.05) is 75.3 Å². The van der Waals surface area contributed by atoms with Crippen LogP contribution < -0.4 is 9.47 Å². The number of aromatic nitrogens is 3. The van der Waals surface area contributed by atoms with Crippen molar-refractivity contribution in [3.63, 3.8) is 0 Å². The number of carboxylic acids is 1. The van der Waals surface area contributed by atoms with Gasteiger partial charge >= 0.3 is 5.97 Å². The van der Waals surface area contributed by atoms with E-state index in [1.54, 1.807) is 7.11 Å². The van der Waals surface area contributed by atoms with E-state index >= 15 is 0 Å². The SMILES string of the molecule is COC1(c2ccc(OCc3nn(C)c4c3-c3cccc5c(CCCOc6cccc7ccccc67)c(C(=O)O)n(c35)CCCCOC4)cc2)CCOCC1. The Labute approximate surface area is 315 Å². The van der Waals surface area contributed by atoms with Gasteiger partial charge in [-0.2, -0.15) is 5.10 Å². The lowest BCUT2D eigenvalue weighted by Gasteiger charge is -2.36. The van der Waals surface area contributed by atoms with Gasteiger partial charge in [0.15, 0.2) is 0 Å². The second kappa shape index (κ2) is 15.7. The van der Waals surface area contributed by atoms with Crippen molar-refractivity contribution < 1.29 is 33.6 Å². The second-order valence-electron chi connectivity index (χ2n) is 14.2. The molecule has 0 atom stereocenters. The van der Waals surface area contributed by atoms with Crippen molar-refractivity contribution in [2.24, 2.45) is 7.05 Å². The lowest BCUT2D eigenvalue weighted by atomic mass is 9.86. The van der Waals surface area contributed by atoms with Crippen LogP contribution in [0.4, 0.5) is 0 Å². The second-order valence-corrected chi connectivity index (χ2v) is 14.2. The van der Waals surface area contributed by atoms with Gasteiger partial charge in [0.2, 0.25) is 0 Å². The summed E-state index contributed by atoms with van der Waals surface area (Å²) in [4.78, 5) is 13.1. The number of hydrogen-bond donors (Lipinski definition) is 1. The summed E-state index contributed by atoms with van der Waals surface area (Å²) in [6.45, 7) is 3.56. The summed E-state index contributed by atoms with van der Waals surface area (Å²) in [6, 6.07) is 28.5. The number of methoxy groups -OCH3 is 1. The Morgan fingerprint density at radius 2 is 1.67 bits per heavy atom. The molecule has 280 valence electrons.